The van der Waals surface area contributed by atoms with Crippen molar-refractivity contribution < 1.29 is 28.6 Å². The molecule has 0 radical (unpaired) electrons. The monoisotopic (exact) mass is 349 g/mol. The van der Waals surface area contributed by atoms with Crippen LogP contribution in [0.15, 0.2) is 24.3 Å². The van der Waals surface area contributed by atoms with Crippen molar-refractivity contribution in [3.63, 3.8) is 0 Å². The molecule has 1 aromatic rings. The number of hydrogen-bond acceptors (Lipinski definition) is 3. The van der Waals surface area contributed by atoms with Gasteiger partial charge in [0.05, 0.1) is 6.29 Å². The summed E-state index contributed by atoms with van der Waals surface area (Å²) < 4.78 is 22.3. The summed E-state index contributed by atoms with van der Waals surface area (Å²) in [5.74, 6) is -1.70. The molecule has 0 aromatic heterocycles. The third-order valence-corrected chi connectivity index (χ3v) is 6.82. The first kappa shape index (κ1) is 19.1. The maximum Gasteiger partial charge on any atom is 0.335 e. The Morgan fingerprint density at radius 3 is 2.23 bits per heavy atom. The van der Waals surface area contributed by atoms with Crippen molar-refractivity contribution in [2.75, 3.05) is 12.2 Å². The van der Waals surface area contributed by atoms with Crippen molar-refractivity contribution in [1.82, 2.24) is 5.32 Å². The number of hydrogen-bond donors (Lipinski definition) is 4. The largest absolute Gasteiger partial charge is 0.343 e. The molecule has 1 unspecified atom stereocenters. The summed E-state index contributed by atoms with van der Waals surface area (Å²) >= 11 is 0. The van der Waals surface area contributed by atoms with Gasteiger partial charge in [0.15, 0.2) is 0 Å². The molecule has 0 fully saturated rings. The number of amides is 1. The predicted octanol–water partition coefficient (Wildman–Crippen LogP) is 2.12. The molecule has 4 N–H and O–H groups in total. The van der Waals surface area contributed by atoms with Gasteiger partial charge in [0, 0.05) is 5.56 Å². The molecule has 1 aromatic carbocycles. The van der Waals surface area contributed by atoms with E-state index in [2.05, 4.69) is 12.2 Å². The Bertz CT molecular complexity index is 595. The average Bonchev–Trinajstić information content (AvgIpc) is 2.40. The van der Waals surface area contributed by atoms with E-state index in [1.807, 2.05) is 12.1 Å². The number of carbonyl (C=O) groups is 1. The van der Waals surface area contributed by atoms with Gasteiger partial charge in [-0.1, -0.05) is 25.5 Å². The van der Waals surface area contributed by atoms with Gasteiger partial charge in [0.1, 0.15) is 5.90 Å². The van der Waals surface area contributed by atoms with Gasteiger partial charge < -0.3 is 20.0 Å². The fourth-order valence-corrected chi connectivity index (χ4v) is 4.93. The van der Waals surface area contributed by atoms with Crippen molar-refractivity contribution in [3.8, 4) is 0 Å². The van der Waals surface area contributed by atoms with Crippen LogP contribution in [-0.2, 0) is 15.6 Å². The van der Waals surface area contributed by atoms with E-state index < -0.39 is 33.1 Å². The molecule has 0 saturated heterocycles. The summed E-state index contributed by atoms with van der Waals surface area (Å²) in [6.45, 7) is 2.09. The molecular formula is C13H21NO6P2. The SMILES string of the molecule is CCCCc1ccc(C(=O)NCP(=O)(O)CP(=O)(O)O)cc1. The molecule has 1 rings (SSSR count). The zero-order valence-electron chi connectivity index (χ0n) is 12.3. The first-order valence-corrected chi connectivity index (χ1v) is 10.7. The predicted molar refractivity (Wildman–Crippen MR) is 84.1 cm³/mol. The number of nitrogens with one attached hydrogen (secondary N) is 1. The number of carbonyl (C=O) groups excluding carboxylic acids is 1. The lowest BCUT2D eigenvalue weighted by molar-refractivity contribution is 0.0958. The molecule has 0 saturated carbocycles. The highest BCUT2D eigenvalue weighted by Gasteiger charge is 2.29. The molecule has 0 spiro atoms. The topological polar surface area (TPSA) is 124 Å². The fourth-order valence-electron chi connectivity index (χ4n) is 1.84. The van der Waals surface area contributed by atoms with Gasteiger partial charge >= 0.3 is 7.60 Å². The zero-order valence-corrected chi connectivity index (χ0v) is 14.1. The zero-order chi connectivity index (χ0) is 16.8. The Hall–Kier alpha value is -0.970. The van der Waals surface area contributed by atoms with Gasteiger partial charge in [-0.25, -0.2) is 0 Å². The van der Waals surface area contributed by atoms with Crippen molar-refractivity contribution in [3.05, 3.63) is 35.4 Å². The highest BCUT2D eigenvalue weighted by atomic mass is 31.2. The lowest BCUT2D eigenvalue weighted by Gasteiger charge is -2.13. The summed E-state index contributed by atoms with van der Waals surface area (Å²) in [5, 5.41) is 2.23. The number of benzene rings is 1. The van der Waals surface area contributed by atoms with E-state index in [1.165, 1.54) is 0 Å². The van der Waals surface area contributed by atoms with Crippen LogP contribution >= 0.6 is 15.0 Å². The molecule has 1 atom stereocenters. The number of rotatable bonds is 8. The second-order valence-corrected chi connectivity index (χ2v) is 9.59. The Morgan fingerprint density at radius 2 is 1.73 bits per heavy atom. The average molecular weight is 349 g/mol. The van der Waals surface area contributed by atoms with E-state index in [0.29, 0.717) is 5.56 Å². The van der Waals surface area contributed by atoms with E-state index in [9.17, 15) is 18.8 Å². The van der Waals surface area contributed by atoms with Crippen molar-refractivity contribution >= 4 is 20.9 Å². The van der Waals surface area contributed by atoms with Crippen LogP contribution in [0.5, 0.6) is 0 Å². The summed E-state index contributed by atoms with van der Waals surface area (Å²) in [4.78, 5) is 38.7. The standard InChI is InChI=1S/C13H21NO6P2/c1-2-3-4-11-5-7-12(8-6-11)13(15)14-9-21(16,17)10-22(18,19)20/h5-8H,2-4,9-10H2,1H3,(H,14,15)(H,16,17)(H2,18,19,20). The molecular weight excluding hydrogens is 328 g/mol. The number of aryl methyl sites for hydroxylation is 1. The van der Waals surface area contributed by atoms with Crippen LogP contribution in [0.25, 0.3) is 0 Å². The van der Waals surface area contributed by atoms with Gasteiger partial charge in [0.25, 0.3) is 5.91 Å². The van der Waals surface area contributed by atoms with Gasteiger partial charge in [-0.3, -0.25) is 13.9 Å². The second-order valence-electron chi connectivity index (χ2n) is 5.12. The maximum atomic E-state index is 11.8. The van der Waals surface area contributed by atoms with E-state index in [4.69, 9.17) is 9.79 Å². The van der Waals surface area contributed by atoms with Crippen LogP contribution in [0.1, 0.15) is 35.7 Å². The van der Waals surface area contributed by atoms with Crippen molar-refractivity contribution in [2.45, 2.75) is 26.2 Å². The first-order chi connectivity index (χ1) is 10.1. The Balaban J connectivity index is 2.58. The van der Waals surface area contributed by atoms with E-state index in [1.54, 1.807) is 12.1 Å². The quantitative estimate of drug-likeness (QED) is 0.533. The van der Waals surface area contributed by atoms with Crippen LogP contribution in [0, 0.1) is 0 Å². The van der Waals surface area contributed by atoms with Crippen LogP contribution in [0.4, 0.5) is 0 Å². The van der Waals surface area contributed by atoms with Crippen LogP contribution < -0.4 is 5.32 Å². The highest BCUT2D eigenvalue weighted by molar-refractivity contribution is 7.72. The lowest BCUT2D eigenvalue weighted by Crippen LogP contribution is -2.25. The van der Waals surface area contributed by atoms with Crippen molar-refractivity contribution in [1.29, 1.82) is 0 Å². The van der Waals surface area contributed by atoms with Crippen LogP contribution in [0.3, 0.4) is 0 Å². The van der Waals surface area contributed by atoms with E-state index in [0.717, 1.165) is 24.8 Å². The summed E-state index contributed by atoms with van der Waals surface area (Å²) in [7, 11) is -8.71. The molecule has 7 nitrogen and oxygen atoms in total. The smallest absolute Gasteiger partial charge is 0.335 e. The summed E-state index contributed by atoms with van der Waals surface area (Å²) in [6, 6.07) is 6.87. The molecule has 124 valence electrons. The number of unbranched alkanes of at least 4 members (excludes halogenated alkanes) is 1. The third-order valence-electron chi connectivity index (χ3n) is 2.93. The second kappa shape index (κ2) is 8.04. The maximum absolute atomic E-state index is 11.8. The van der Waals surface area contributed by atoms with Crippen LogP contribution in [-0.4, -0.2) is 32.8 Å². The van der Waals surface area contributed by atoms with E-state index >= 15 is 0 Å². The molecule has 9 heteroatoms. The van der Waals surface area contributed by atoms with Gasteiger partial charge in [-0.2, -0.15) is 0 Å². The normalized spacial score (nSPS) is 14.4. The van der Waals surface area contributed by atoms with Gasteiger partial charge in [-0.05, 0) is 30.5 Å². The molecule has 0 aliphatic heterocycles. The first-order valence-electron chi connectivity index (χ1n) is 6.85. The molecule has 22 heavy (non-hydrogen) atoms. The molecule has 0 aliphatic rings. The highest BCUT2D eigenvalue weighted by Crippen LogP contribution is 2.53. The lowest BCUT2D eigenvalue weighted by atomic mass is 10.1. The van der Waals surface area contributed by atoms with Gasteiger partial charge in [0.2, 0.25) is 7.37 Å². The fraction of sp³-hybridized carbons (Fsp3) is 0.462. The molecule has 0 bridgehead atoms. The molecule has 1 amide bonds. The minimum Gasteiger partial charge on any atom is -0.343 e. The third kappa shape index (κ3) is 7.34. The Morgan fingerprint density at radius 1 is 1.14 bits per heavy atom. The van der Waals surface area contributed by atoms with Crippen molar-refractivity contribution in [2.24, 2.45) is 0 Å². The van der Waals surface area contributed by atoms with E-state index in [-0.39, 0.29) is 0 Å². The van der Waals surface area contributed by atoms with Crippen LogP contribution in [0.2, 0.25) is 0 Å². The molecule has 0 heterocycles. The minimum absolute atomic E-state index is 0.330. The summed E-state index contributed by atoms with van der Waals surface area (Å²) in [6.07, 6.45) is 2.39. The van der Waals surface area contributed by atoms with Gasteiger partial charge in [-0.15, -0.1) is 0 Å². The minimum atomic E-state index is -4.60. The Kier molecular flexibility index (Phi) is 6.98. The summed E-state index contributed by atoms with van der Waals surface area (Å²) in [5.41, 5.74) is 1.43. The Labute approximate surface area is 129 Å². The molecule has 0 aliphatic carbocycles.